The van der Waals surface area contributed by atoms with Gasteiger partial charge in [-0.25, -0.2) is 17.9 Å². The quantitative estimate of drug-likeness (QED) is 0.732. The van der Waals surface area contributed by atoms with Crippen LogP contribution in [0.25, 0.3) is 0 Å². The maximum atomic E-state index is 12.2. The maximum Gasteiger partial charge on any atom is 0.336 e. The van der Waals surface area contributed by atoms with E-state index in [9.17, 15) is 13.2 Å². The Labute approximate surface area is 112 Å². The normalized spacial score (nSPS) is 11.6. The van der Waals surface area contributed by atoms with Crippen LogP contribution in [0.1, 0.15) is 27.0 Å². The van der Waals surface area contributed by atoms with Crippen molar-refractivity contribution < 1.29 is 18.3 Å². The van der Waals surface area contributed by atoms with Gasteiger partial charge in [0.25, 0.3) is 0 Å². The number of aromatic carboxylic acids is 1. The van der Waals surface area contributed by atoms with E-state index >= 15 is 0 Å². The number of carboxylic acid groups (broad SMARTS) is 1. The van der Waals surface area contributed by atoms with Crippen molar-refractivity contribution in [3.05, 3.63) is 28.3 Å². The first-order chi connectivity index (χ1) is 8.72. The number of carboxylic acids is 1. The summed E-state index contributed by atoms with van der Waals surface area (Å²) < 4.78 is 26.7. The summed E-state index contributed by atoms with van der Waals surface area (Å²) in [4.78, 5) is 11.2. The maximum absolute atomic E-state index is 12.2. The first kappa shape index (κ1) is 15.6. The van der Waals surface area contributed by atoms with Crippen LogP contribution in [0.15, 0.2) is 11.0 Å². The van der Waals surface area contributed by atoms with Gasteiger partial charge in [0.2, 0.25) is 10.0 Å². The van der Waals surface area contributed by atoms with Gasteiger partial charge in [-0.05, 0) is 37.5 Å². The van der Waals surface area contributed by atoms with Gasteiger partial charge in [-0.3, -0.25) is 0 Å². The highest BCUT2D eigenvalue weighted by Gasteiger charge is 2.24. The number of carbonyl (C=O) groups is 1. The highest BCUT2D eigenvalue weighted by atomic mass is 32.2. The van der Waals surface area contributed by atoms with E-state index in [0.29, 0.717) is 11.1 Å². The molecule has 0 bridgehead atoms. The molecule has 19 heavy (non-hydrogen) atoms. The van der Waals surface area contributed by atoms with Crippen molar-refractivity contribution in [3.63, 3.8) is 0 Å². The summed E-state index contributed by atoms with van der Waals surface area (Å²) >= 11 is 0. The lowest BCUT2D eigenvalue weighted by Crippen LogP contribution is -2.30. The fourth-order valence-electron chi connectivity index (χ4n) is 2.18. The Morgan fingerprint density at radius 3 is 2.37 bits per heavy atom. The molecular formula is C12H18N2O4S. The van der Waals surface area contributed by atoms with Gasteiger partial charge in [-0.2, -0.15) is 0 Å². The molecule has 0 aliphatic carbocycles. The second-order valence-electron chi connectivity index (χ2n) is 4.33. The molecule has 0 aliphatic rings. The van der Waals surface area contributed by atoms with E-state index in [1.807, 2.05) is 0 Å². The van der Waals surface area contributed by atoms with Crippen LogP contribution in [0.2, 0.25) is 0 Å². The van der Waals surface area contributed by atoms with Crippen LogP contribution in [-0.2, 0) is 10.0 Å². The van der Waals surface area contributed by atoms with Crippen LogP contribution in [0.4, 0.5) is 0 Å². The van der Waals surface area contributed by atoms with Crippen molar-refractivity contribution in [2.24, 2.45) is 5.73 Å². The average molecular weight is 286 g/mol. The summed E-state index contributed by atoms with van der Waals surface area (Å²) in [5.41, 5.74) is 6.60. The predicted molar refractivity (Wildman–Crippen MR) is 71.9 cm³/mol. The number of sulfonamides is 1. The second-order valence-corrected chi connectivity index (χ2v) is 6.03. The number of rotatable bonds is 5. The van der Waals surface area contributed by atoms with E-state index in [-0.39, 0.29) is 29.1 Å². The molecular weight excluding hydrogens is 268 g/mol. The topological polar surface area (TPSA) is 109 Å². The molecule has 0 aliphatic heterocycles. The van der Waals surface area contributed by atoms with Gasteiger partial charge < -0.3 is 10.8 Å². The summed E-state index contributed by atoms with van der Waals surface area (Å²) in [6, 6.07) is 1.56. The van der Waals surface area contributed by atoms with Crippen molar-refractivity contribution in [2.75, 3.05) is 13.1 Å². The van der Waals surface area contributed by atoms with E-state index in [1.165, 1.54) is 6.92 Å². The number of hydrogen-bond acceptors (Lipinski definition) is 4. The van der Waals surface area contributed by atoms with E-state index in [0.717, 1.165) is 0 Å². The number of hydrogen-bond donors (Lipinski definition) is 3. The van der Waals surface area contributed by atoms with Gasteiger partial charge in [0, 0.05) is 13.1 Å². The van der Waals surface area contributed by atoms with Gasteiger partial charge in [0.05, 0.1) is 10.5 Å². The molecule has 1 rings (SSSR count). The smallest absolute Gasteiger partial charge is 0.336 e. The fraction of sp³-hybridized carbons (Fsp3) is 0.417. The fourth-order valence-corrected chi connectivity index (χ4v) is 3.69. The summed E-state index contributed by atoms with van der Waals surface area (Å²) in [7, 11) is -3.75. The first-order valence-electron chi connectivity index (χ1n) is 5.76. The van der Waals surface area contributed by atoms with Gasteiger partial charge in [-0.15, -0.1) is 0 Å². The number of aryl methyl sites for hydroxylation is 2. The monoisotopic (exact) mass is 286 g/mol. The zero-order chi connectivity index (χ0) is 14.8. The van der Waals surface area contributed by atoms with Crippen LogP contribution in [-0.4, -0.2) is 32.6 Å². The molecule has 6 nitrogen and oxygen atoms in total. The molecule has 106 valence electrons. The van der Waals surface area contributed by atoms with Crippen LogP contribution in [0, 0.1) is 20.8 Å². The van der Waals surface area contributed by atoms with Gasteiger partial charge >= 0.3 is 5.97 Å². The summed E-state index contributed by atoms with van der Waals surface area (Å²) in [6.07, 6.45) is 0. The van der Waals surface area contributed by atoms with Crippen LogP contribution < -0.4 is 10.5 Å². The molecule has 0 unspecified atom stereocenters. The zero-order valence-corrected chi connectivity index (χ0v) is 12.0. The lowest BCUT2D eigenvalue weighted by atomic mass is 10.00. The molecule has 7 heteroatoms. The number of nitrogens with two attached hydrogens (primary N) is 1. The van der Waals surface area contributed by atoms with Crippen molar-refractivity contribution in [1.29, 1.82) is 0 Å². The third kappa shape index (κ3) is 3.12. The Bertz CT molecular complexity index is 609. The van der Waals surface area contributed by atoms with E-state index in [4.69, 9.17) is 10.8 Å². The van der Waals surface area contributed by atoms with E-state index in [2.05, 4.69) is 4.72 Å². The third-order valence-corrected chi connectivity index (χ3v) is 4.57. The lowest BCUT2D eigenvalue weighted by molar-refractivity contribution is 0.0695. The van der Waals surface area contributed by atoms with Crippen molar-refractivity contribution >= 4 is 16.0 Å². The van der Waals surface area contributed by atoms with Crippen LogP contribution in [0.5, 0.6) is 0 Å². The molecule has 0 amide bonds. The molecule has 0 spiro atoms. The van der Waals surface area contributed by atoms with Gasteiger partial charge in [0.15, 0.2) is 0 Å². The zero-order valence-electron chi connectivity index (χ0n) is 11.1. The van der Waals surface area contributed by atoms with E-state index in [1.54, 1.807) is 19.9 Å². The predicted octanol–water partition coefficient (Wildman–Crippen LogP) is 0.547. The summed E-state index contributed by atoms with van der Waals surface area (Å²) in [6.45, 7) is 5.07. The number of nitrogens with one attached hydrogen (secondary N) is 1. The van der Waals surface area contributed by atoms with E-state index < -0.39 is 16.0 Å². The highest BCUT2D eigenvalue weighted by molar-refractivity contribution is 7.89. The second kappa shape index (κ2) is 5.68. The largest absolute Gasteiger partial charge is 0.478 e. The Morgan fingerprint density at radius 2 is 1.89 bits per heavy atom. The highest BCUT2D eigenvalue weighted by Crippen LogP contribution is 2.26. The molecule has 1 aromatic rings. The third-order valence-electron chi connectivity index (χ3n) is 2.82. The summed E-state index contributed by atoms with van der Waals surface area (Å²) in [5, 5.41) is 9.17. The van der Waals surface area contributed by atoms with Crippen molar-refractivity contribution in [2.45, 2.75) is 25.7 Å². The number of benzene rings is 1. The minimum atomic E-state index is -3.75. The Kier molecular flexibility index (Phi) is 4.67. The Hall–Kier alpha value is -1.44. The van der Waals surface area contributed by atoms with Crippen LogP contribution in [0.3, 0.4) is 0 Å². The van der Waals surface area contributed by atoms with Crippen molar-refractivity contribution in [3.8, 4) is 0 Å². The Balaban J connectivity index is 3.53. The lowest BCUT2D eigenvalue weighted by Gasteiger charge is -2.15. The molecule has 0 aromatic heterocycles. The molecule has 0 saturated carbocycles. The van der Waals surface area contributed by atoms with Gasteiger partial charge in [0.1, 0.15) is 0 Å². The molecule has 0 fully saturated rings. The summed E-state index contributed by atoms with van der Waals surface area (Å²) in [5.74, 6) is -1.13. The first-order valence-corrected chi connectivity index (χ1v) is 7.24. The minimum absolute atomic E-state index is 0.0175. The minimum Gasteiger partial charge on any atom is -0.478 e. The van der Waals surface area contributed by atoms with Crippen LogP contribution >= 0.6 is 0 Å². The van der Waals surface area contributed by atoms with Crippen molar-refractivity contribution in [1.82, 2.24) is 4.72 Å². The molecule has 0 saturated heterocycles. The molecule has 4 N–H and O–H groups in total. The molecule has 0 heterocycles. The van der Waals surface area contributed by atoms with Gasteiger partial charge in [-0.1, -0.05) is 6.07 Å². The SMILES string of the molecule is Cc1cc(C)c(S(=O)(=O)NCCN)c(C)c1C(=O)O. The Morgan fingerprint density at radius 1 is 1.32 bits per heavy atom. The molecule has 1 aromatic carbocycles. The average Bonchev–Trinajstić information content (AvgIpc) is 2.24. The standard InChI is InChI=1S/C12H18N2O4S/c1-7-6-8(2)11(9(3)10(7)12(15)16)19(17,18)14-5-4-13/h6,14H,4-5,13H2,1-3H3,(H,15,16). The molecule has 0 atom stereocenters. The molecule has 0 radical (unpaired) electrons.